The Bertz CT molecular complexity index is 637. The maximum Gasteiger partial charge on any atom is 0.243 e. The minimum Gasteiger partial charge on any atom is -0.339 e. The average molecular weight is 336 g/mol. The molecule has 0 spiro atoms. The van der Waals surface area contributed by atoms with Crippen molar-refractivity contribution in [3.05, 3.63) is 17.2 Å². The van der Waals surface area contributed by atoms with E-state index in [1.807, 2.05) is 18.9 Å². The van der Waals surface area contributed by atoms with E-state index in [0.717, 1.165) is 18.7 Å². The average Bonchev–Trinajstić information content (AvgIpc) is 3.27. The van der Waals surface area contributed by atoms with Crippen LogP contribution in [0.15, 0.2) is 10.0 Å². The second-order valence-electron chi connectivity index (χ2n) is 5.85. The molecule has 23 heavy (non-hydrogen) atoms. The van der Waals surface area contributed by atoms with Gasteiger partial charge in [-0.3, -0.25) is 15.0 Å². The molecule has 0 unspecified atom stereocenters. The van der Waals surface area contributed by atoms with Gasteiger partial charge in [-0.1, -0.05) is 29.3 Å². The van der Waals surface area contributed by atoms with E-state index in [2.05, 4.69) is 25.7 Å². The van der Waals surface area contributed by atoms with Gasteiger partial charge in [0.2, 0.25) is 16.9 Å². The van der Waals surface area contributed by atoms with Crippen molar-refractivity contribution in [2.45, 2.75) is 51.1 Å². The summed E-state index contributed by atoms with van der Waals surface area (Å²) in [4.78, 5) is 18.5. The van der Waals surface area contributed by atoms with Gasteiger partial charge in [0.05, 0.1) is 12.6 Å². The number of nitrogens with zero attached hydrogens (tertiary/aromatic N) is 5. The Morgan fingerprint density at radius 1 is 1.52 bits per heavy atom. The molecule has 3 rings (SSSR count). The van der Waals surface area contributed by atoms with E-state index in [0.29, 0.717) is 23.4 Å². The molecule has 8 nitrogen and oxygen atoms in total. The predicted molar refractivity (Wildman–Crippen MR) is 85.0 cm³/mol. The topological polar surface area (TPSA) is 97.0 Å². The molecule has 0 bridgehead atoms. The smallest absolute Gasteiger partial charge is 0.243 e. The monoisotopic (exact) mass is 336 g/mol. The molecule has 2 aromatic heterocycles. The summed E-state index contributed by atoms with van der Waals surface area (Å²) >= 11 is 1.29. The zero-order valence-electron chi connectivity index (χ0n) is 13.2. The van der Waals surface area contributed by atoms with Gasteiger partial charge in [0.1, 0.15) is 5.51 Å². The molecule has 1 aliphatic rings. The fraction of sp³-hybridized carbons (Fsp3) is 0.643. The number of hydrogen-bond donors (Lipinski definition) is 1. The first-order chi connectivity index (χ1) is 11.1. The minimum atomic E-state index is -0.340. The van der Waals surface area contributed by atoms with Crippen LogP contribution in [0, 0.1) is 0 Å². The van der Waals surface area contributed by atoms with Gasteiger partial charge in [-0.15, -0.1) is 10.2 Å². The van der Waals surface area contributed by atoms with Crippen molar-refractivity contribution in [1.82, 2.24) is 25.2 Å². The molecule has 1 aliphatic carbocycles. The molecule has 1 fully saturated rings. The molecule has 0 aliphatic heterocycles. The second kappa shape index (κ2) is 7.14. The van der Waals surface area contributed by atoms with Gasteiger partial charge in [0, 0.05) is 5.92 Å². The molecule has 1 N–H and O–H groups in total. The van der Waals surface area contributed by atoms with Crippen LogP contribution in [-0.2, 0) is 11.3 Å². The molecule has 1 atom stereocenters. The number of rotatable bonds is 6. The Hall–Kier alpha value is -1.87. The van der Waals surface area contributed by atoms with Crippen molar-refractivity contribution in [3.8, 4) is 0 Å². The van der Waals surface area contributed by atoms with Crippen molar-refractivity contribution in [1.29, 1.82) is 0 Å². The highest BCUT2D eigenvalue weighted by molar-refractivity contribution is 7.13. The third kappa shape index (κ3) is 3.91. The van der Waals surface area contributed by atoms with E-state index < -0.39 is 0 Å². The SMILES string of the molecule is C[C@@H](C(=O)Nc1nncs1)N(C)Cc1noc(C2CCCC2)n1. The largest absolute Gasteiger partial charge is 0.339 e. The Morgan fingerprint density at radius 3 is 3.00 bits per heavy atom. The van der Waals surface area contributed by atoms with Gasteiger partial charge < -0.3 is 4.52 Å². The molecular weight excluding hydrogens is 316 g/mol. The molecule has 0 aromatic carbocycles. The first-order valence-corrected chi connectivity index (χ1v) is 8.61. The molecule has 2 heterocycles. The van der Waals surface area contributed by atoms with Crippen LogP contribution in [0.5, 0.6) is 0 Å². The molecule has 0 radical (unpaired) electrons. The van der Waals surface area contributed by atoms with Crippen molar-refractivity contribution >= 4 is 22.4 Å². The van der Waals surface area contributed by atoms with Crippen molar-refractivity contribution in [2.75, 3.05) is 12.4 Å². The summed E-state index contributed by atoms with van der Waals surface area (Å²) in [6.07, 6.45) is 4.70. The lowest BCUT2D eigenvalue weighted by Gasteiger charge is -2.21. The van der Waals surface area contributed by atoms with E-state index >= 15 is 0 Å². The number of likely N-dealkylation sites (N-methyl/N-ethyl adjacent to an activating group) is 1. The second-order valence-corrected chi connectivity index (χ2v) is 6.69. The number of carbonyl (C=O) groups excluding carboxylic acids is 1. The highest BCUT2D eigenvalue weighted by atomic mass is 32.1. The van der Waals surface area contributed by atoms with E-state index in [4.69, 9.17) is 4.52 Å². The van der Waals surface area contributed by atoms with Crippen molar-refractivity contribution < 1.29 is 9.32 Å². The number of amides is 1. The first kappa shape index (κ1) is 16.0. The van der Waals surface area contributed by atoms with Crippen LogP contribution in [0.3, 0.4) is 0 Å². The van der Waals surface area contributed by atoms with Gasteiger partial charge >= 0.3 is 0 Å². The summed E-state index contributed by atoms with van der Waals surface area (Å²) in [5.74, 6) is 1.62. The number of nitrogens with one attached hydrogen (secondary N) is 1. The van der Waals surface area contributed by atoms with E-state index in [9.17, 15) is 4.79 Å². The summed E-state index contributed by atoms with van der Waals surface area (Å²) < 4.78 is 5.37. The van der Waals surface area contributed by atoms with Gasteiger partial charge in [0.25, 0.3) is 0 Å². The third-order valence-corrected chi connectivity index (χ3v) is 4.82. The highest BCUT2D eigenvalue weighted by Gasteiger charge is 2.25. The van der Waals surface area contributed by atoms with Crippen LogP contribution >= 0.6 is 11.3 Å². The predicted octanol–water partition coefficient (Wildman–Crippen LogP) is 2.04. The van der Waals surface area contributed by atoms with Gasteiger partial charge in [-0.2, -0.15) is 4.98 Å². The zero-order valence-corrected chi connectivity index (χ0v) is 14.0. The molecule has 9 heteroatoms. The summed E-state index contributed by atoms with van der Waals surface area (Å²) in [6, 6.07) is -0.340. The van der Waals surface area contributed by atoms with E-state index in [-0.39, 0.29) is 11.9 Å². The third-order valence-electron chi connectivity index (χ3n) is 4.21. The molecule has 2 aromatic rings. The molecular formula is C14H20N6O2S. The van der Waals surface area contributed by atoms with E-state index in [1.54, 1.807) is 5.51 Å². The standard InChI is InChI=1S/C14H20N6O2S/c1-9(12(21)17-14-18-15-8-23-14)20(2)7-11-16-13(22-19-11)10-5-3-4-6-10/h8-10H,3-7H2,1-2H3,(H,17,18,21)/t9-/m0/s1. The minimum absolute atomic E-state index is 0.135. The number of anilines is 1. The lowest BCUT2D eigenvalue weighted by molar-refractivity contribution is -0.120. The highest BCUT2D eigenvalue weighted by Crippen LogP contribution is 2.32. The molecule has 1 saturated carbocycles. The van der Waals surface area contributed by atoms with Crippen LogP contribution in [0.25, 0.3) is 0 Å². The van der Waals surface area contributed by atoms with E-state index in [1.165, 1.54) is 24.2 Å². The number of hydrogen-bond acceptors (Lipinski definition) is 8. The van der Waals surface area contributed by atoms with Crippen molar-refractivity contribution in [3.63, 3.8) is 0 Å². The fourth-order valence-electron chi connectivity index (χ4n) is 2.67. The Kier molecular flexibility index (Phi) is 4.97. The maximum absolute atomic E-state index is 12.2. The lowest BCUT2D eigenvalue weighted by atomic mass is 10.1. The van der Waals surface area contributed by atoms with Crippen molar-refractivity contribution in [2.24, 2.45) is 0 Å². The first-order valence-electron chi connectivity index (χ1n) is 7.73. The van der Waals surface area contributed by atoms with Crippen LogP contribution in [0.1, 0.15) is 50.2 Å². The Morgan fingerprint density at radius 2 is 2.30 bits per heavy atom. The molecule has 1 amide bonds. The summed E-state index contributed by atoms with van der Waals surface area (Å²) in [7, 11) is 1.86. The zero-order chi connectivity index (χ0) is 16.2. The maximum atomic E-state index is 12.2. The van der Waals surface area contributed by atoms with Crippen LogP contribution in [0.4, 0.5) is 5.13 Å². The van der Waals surface area contributed by atoms with Crippen LogP contribution in [-0.4, -0.2) is 44.2 Å². The lowest BCUT2D eigenvalue weighted by Crippen LogP contribution is -2.39. The van der Waals surface area contributed by atoms with Gasteiger partial charge in [0.15, 0.2) is 5.82 Å². The quantitative estimate of drug-likeness (QED) is 0.862. The fourth-order valence-corrected chi connectivity index (χ4v) is 3.12. The van der Waals surface area contributed by atoms with Crippen LogP contribution < -0.4 is 5.32 Å². The normalized spacial score (nSPS) is 16.8. The van der Waals surface area contributed by atoms with Gasteiger partial charge in [-0.05, 0) is 26.8 Å². The molecule has 0 saturated heterocycles. The Labute approximate surface area is 138 Å². The Balaban J connectivity index is 1.55. The van der Waals surface area contributed by atoms with Crippen LogP contribution in [0.2, 0.25) is 0 Å². The summed E-state index contributed by atoms with van der Waals surface area (Å²) in [6.45, 7) is 2.29. The summed E-state index contributed by atoms with van der Waals surface area (Å²) in [5, 5.41) is 14.8. The number of carbonyl (C=O) groups is 1. The summed E-state index contributed by atoms with van der Waals surface area (Å²) in [5.41, 5.74) is 1.58. The van der Waals surface area contributed by atoms with Gasteiger partial charge in [-0.25, -0.2) is 0 Å². The molecule has 124 valence electrons. The number of aromatic nitrogens is 4.